The van der Waals surface area contributed by atoms with E-state index in [4.69, 9.17) is 14.4 Å². The van der Waals surface area contributed by atoms with Crippen molar-refractivity contribution >= 4 is 78.2 Å². The van der Waals surface area contributed by atoms with Gasteiger partial charge in [-0.2, -0.15) is 0 Å². The zero-order valence-corrected chi connectivity index (χ0v) is 27.3. The molecular formula is C45H30N4O. The van der Waals surface area contributed by atoms with Crippen molar-refractivity contribution in [2.45, 2.75) is 6.92 Å². The van der Waals surface area contributed by atoms with Crippen LogP contribution in [0, 0.1) is 0 Å². The first-order valence-corrected chi connectivity index (χ1v) is 16.8. The van der Waals surface area contributed by atoms with Crippen LogP contribution in [0.1, 0.15) is 6.92 Å². The summed E-state index contributed by atoms with van der Waals surface area (Å²) in [4.78, 5) is 10.4. The highest BCUT2D eigenvalue weighted by Crippen LogP contribution is 2.41. The van der Waals surface area contributed by atoms with Gasteiger partial charge in [-0.3, -0.25) is 4.57 Å². The van der Waals surface area contributed by atoms with Gasteiger partial charge in [0.2, 0.25) is 5.95 Å². The maximum atomic E-state index is 6.40. The number of furan rings is 1. The normalized spacial score (nSPS) is 12.6. The second-order valence-corrected chi connectivity index (χ2v) is 12.7. The Labute approximate surface area is 287 Å². The van der Waals surface area contributed by atoms with Gasteiger partial charge in [-0.05, 0) is 61.5 Å². The molecule has 0 aliphatic heterocycles. The number of allylic oxidation sites excluding steroid dienone is 2. The molecule has 236 valence electrons. The van der Waals surface area contributed by atoms with Gasteiger partial charge in [0.05, 0.1) is 33.1 Å². The molecule has 10 rings (SSSR count). The predicted molar refractivity (Wildman–Crippen MR) is 207 cm³/mol. The molecule has 0 aliphatic rings. The summed E-state index contributed by atoms with van der Waals surface area (Å²) in [5.41, 5.74) is 8.97. The average molecular weight is 643 g/mol. The highest BCUT2D eigenvalue weighted by atomic mass is 16.3. The van der Waals surface area contributed by atoms with E-state index in [-0.39, 0.29) is 0 Å². The van der Waals surface area contributed by atoms with Crippen molar-refractivity contribution < 1.29 is 4.42 Å². The van der Waals surface area contributed by atoms with Crippen LogP contribution in [0.5, 0.6) is 0 Å². The molecule has 0 radical (unpaired) electrons. The van der Waals surface area contributed by atoms with Crippen LogP contribution >= 0.6 is 0 Å². The maximum Gasteiger partial charge on any atom is 0.235 e. The van der Waals surface area contributed by atoms with Crippen molar-refractivity contribution in [1.82, 2.24) is 19.1 Å². The predicted octanol–water partition coefficient (Wildman–Crippen LogP) is 10.0. The van der Waals surface area contributed by atoms with E-state index in [1.54, 1.807) is 0 Å². The van der Waals surface area contributed by atoms with E-state index in [1.165, 1.54) is 0 Å². The number of hydrogen-bond donors (Lipinski definition) is 0. The van der Waals surface area contributed by atoms with E-state index in [0.717, 1.165) is 93.1 Å². The van der Waals surface area contributed by atoms with Crippen LogP contribution < -0.4 is 10.6 Å². The summed E-state index contributed by atoms with van der Waals surface area (Å²) >= 11 is 0. The highest BCUT2D eigenvalue weighted by molar-refractivity contribution is 6.22. The quantitative estimate of drug-likeness (QED) is 0.192. The van der Waals surface area contributed by atoms with Crippen molar-refractivity contribution in [1.29, 1.82) is 0 Å². The summed E-state index contributed by atoms with van der Waals surface area (Å²) in [5, 5.41) is 8.36. The number of rotatable bonds is 4. The fraction of sp³-hybridized carbons (Fsp3) is 0.0222. The van der Waals surface area contributed by atoms with E-state index >= 15 is 0 Å². The van der Waals surface area contributed by atoms with Crippen LogP contribution in [-0.4, -0.2) is 19.1 Å². The molecular weight excluding hydrogens is 613 g/mol. The molecule has 0 N–H and O–H groups in total. The molecule has 50 heavy (non-hydrogen) atoms. The largest absolute Gasteiger partial charge is 0.456 e. The average Bonchev–Trinajstić information content (AvgIpc) is 3.80. The SMILES string of the molecule is C=c1c(-c2ccccc2)nc(-n2c3ccccc3c3cc4c5cc6oc7ccccc7c6cc5n(-c5ccccc5)c4cc32)n/c1=C/C=C\C. The number of para-hydroxylation sites is 3. The summed E-state index contributed by atoms with van der Waals surface area (Å²) in [6.07, 6.45) is 6.02. The van der Waals surface area contributed by atoms with Gasteiger partial charge in [-0.1, -0.05) is 104 Å². The second kappa shape index (κ2) is 10.9. The summed E-state index contributed by atoms with van der Waals surface area (Å²) in [7, 11) is 0. The highest BCUT2D eigenvalue weighted by Gasteiger charge is 2.21. The van der Waals surface area contributed by atoms with Crippen LogP contribution in [0.25, 0.3) is 101 Å². The fourth-order valence-electron chi connectivity index (χ4n) is 7.51. The van der Waals surface area contributed by atoms with Crippen LogP contribution in [0.15, 0.2) is 150 Å². The molecule has 5 heteroatoms. The Kier molecular flexibility index (Phi) is 6.17. The first kappa shape index (κ1) is 28.3. The summed E-state index contributed by atoms with van der Waals surface area (Å²) in [6.45, 7) is 6.44. The lowest BCUT2D eigenvalue weighted by atomic mass is 10.1. The van der Waals surface area contributed by atoms with Gasteiger partial charge in [0.25, 0.3) is 0 Å². The topological polar surface area (TPSA) is 48.8 Å². The smallest absolute Gasteiger partial charge is 0.235 e. The van der Waals surface area contributed by atoms with Gasteiger partial charge >= 0.3 is 0 Å². The lowest BCUT2D eigenvalue weighted by Gasteiger charge is -2.11. The first-order valence-electron chi connectivity index (χ1n) is 16.8. The molecule has 10 aromatic rings. The van der Waals surface area contributed by atoms with Crippen molar-refractivity contribution in [2.24, 2.45) is 0 Å². The van der Waals surface area contributed by atoms with Crippen LogP contribution in [-0.2, 0) is 0 Å². The fourth-order valence-corrected chi connectivity index (χ4v) is 7.51. The van der Waals surface area contributed by atoms with Gasteiger partial charge in [-0.25, -0.2) is 9.97 Å². The van der Waals surface area contributed by atoms with Crippen molar-refractivity contribution in [3.05, 3.63) is 156 Å². The number of nitrogens with zero attached hydrogens (tertiary/aromatic N) is 4. The third-order valence-electron chi connectivity index (χ3n) is 9.79. The van der Waals surface area contributed by atoms with Crippen LogP contribution in [0.4, 0.5) is 0 Å². The summed E-state index contributed by atoms with van der Waals surface area (Å²) in [5.74, 6) is 0.601. The van der Waals surface area contributed by atoms with Crippen molar-refractivity contribution in [2.75, 3.05) is 0 Å². The van der Waals surface area contributed by atoms with E-state index in [9.17, 15) is 0 Å². The third kappa shape index (κ3) is 4.13. The van der Waals surface area contributed by atoms with E-state index in [2.05, 4.69) is 119 Å². The monoisotopic (exact) mass is 642 g/mol. The van der Waals surface area contributed by atoms with E-state index in [0.29, 0.717) is 5.95 Å². The zero-order chi connectivity index (χ0) is 33.3. The Morgan fingerprint density at radius 2 is 1.22 bits per heavy atom. The van der Waals surface area contributed by atoms with Crippen LogP contribution in [0.3, 0.4) is 0 Å². The molecule has 0 bridgehead atoms. The Hall–Kier alpha value is -6.72. The van der Waals surface area contributed by atoms with E-state index in [1.807, 2.05) is 55.5 Å². The molecule has 0 saturated heterocycles. The van der Waals surface area contributed by atoms with Gasteiger partial charge in [0.1, 0.15) is 11.2 Å². The minimum atomic E-state index is 0.601. The minimum absolute atomic E-state index is 0.601. The Bertz CT molecular complexity index is 3110. The number of fused-ring (bicyclic) bond motifs is 9. The number of benzene rings is 6. The Balaban J connectivity index is 1.36. The van der Waals surface area contributed by atoms with Gasteiger partial charge < -0.3 is 8.98 Å². The molecule has 0 fully saturated rings. The standard InChI is InChI=1S/C45H30N4O/c1-3-4-21-37-28(2)44(29-15-7-5-8-16-29)47-45(46-37)49-38-22-13-11-19-31(38)33-24-34-35-26-43-36(32-20-12-14-23-42(32)50-43)25-39(35)48(40(34)27-41(33)49)30-17-9-6-10-18-30/h3-27H,2H2,1H3/b4-3-,37-21+. The van der Waals surface area contributed by atoms with Crippen LogP contribution in [0.2, 0.25) is 0 Å². The molecule has 5 nitrogen and oxygen atoms in total. The molecule has 0 unspecified atom stereocenters. The number of hydrogen-bond acceptors (Lipinski definition) is 3. The molecule has 6 aromatic carbocycles. The second-order valence-electron chi connectivity index (χ2n) is 12.7. The Morgan fingerprint density at radius 3 is 2.04 bits per heavy atom. The molecule has 4 aromatic heterocycles. The summed E-state index contributed by atoms with van der Waals surface area (Å²) in [6, 6.07) is 46.7. The molecule has 0 spiro atoms. The third-order valence-corrected chi connectivity index (χ3v) is 9.79. The molecule has 0 atom stereocenters. The molecule has 0 amide bonds. The van der Waals surface area contributed by atoms with Gasteiger partial charge in [0.15, 0.2) is 0 Å². The summed E-state index contributed by atoms with van der Waals surface area (Å²) < 4.78 is 11.0. The molecule has 0 aliphatic carbocycles. The Morgan fingerprint density at radius 1 is 0.560 bits per heavy atom. The van der Waals surface area contributed by atoms with Crippen molar-refractivity contribution in [3.63, 3.8) is 0 Å². The lowest BCUT2D eigenvalue weighted by Crippen LogP contribution is -2.32. The first-order chi connectivity index (χ1) is 24.7. The molecule has 4 heterocycles. The molecule has 0 saturated carbocycles. The zero-order valence-electron chi connectivity index (χ0n) is 27.3. The van der Waals surface area contributed by atoms with Gasteiger partial charge in [-0.15, -0.1) is 0 Å². The minimum Gasteiger partial charge on any atom is -0.456 e. The maximum absolute atomic E-state index is 6.40. The lowest BCUT2D eigenvalue weighted by molar-refractivity contribution is 0.669. The van der Waals surface area contributed by atoms with Gasteiger partial charge in [0, 0.05) is 48.8 Å². The number of aromatic nitrogens is 4. The van der Waals surface area contributed by atoms with E-state index < -0.39 is 0 Å². The van der Waals surface area contributed by atoms with Crippen molar-refractivity contribution in [3.8, 4) is 22.9 Å².